The standard InChI is InChI=1S/C12H12BrN3O2/c1-7-3-9(5-10(13)4-7)12(17)14-6-11-15-8(2)16-18-11/h3-5H,6H2,1-2H3,(H,14,17). The van der Waals surface area contributed by atoms with Crippen LogP contribution in [0.2, 0.25) is 0 Å². The second-order valence-corrected chi connectivity index (χ2v) is 4.85. The van der Waals surface area contributed by atoms with Crippen molar-refractivity contribution in [3.63, 3.8) is 0 Å². The molecule has 1 aromatic heterocycles. The van der Waals surface area contributed by atoms with Crippen LogP contribution in [0.1, 0.15) is 27.6 Å². The van der Waals surface area contributed by atoms with Gasteiger partial charge >= 0.3 is 0 Å². The fourth-order valence-electron chi connectivity index (χ4n) is 1.54. The first-order valence-electron chi connectivity index (χ1n) is 5.39. The van der Waals surface area contributed by atoms with Crippen molar-refractivity contribution in [3.05, 3.63) is 45.5 Å². The van der Waals surface area contributed by atoms with E-state index in [9.17, 15) is 4.79 Å². The number of nitrogens with one attached hydrogen (secondary N) is 1. The van der Waals surface area contributed by atoms with Crippen molar-refractivity contribution >= 4 is 21.8 Å². The molecule has 0 fully saturated rings. The van der Waals surface area contributed by atoms with E-state index in [2.05, 4.69) is 31.4 Å². The summed E-state index contributed by atoms with van der Waals surface area (Å²) in [7, 11) is 0. The second-order valence-electron chi connectivity index (χ2n) is 3.94. The number of aryl methyl sites for hydroxylation is 2. The molecule has 18 heavy (non-hydrogen) atoms. The van der Waals surface area contributed by atoms with Crippen molar-refractivity contribution < 1.29 is 9.32 Å². The number of aromatic nitrogens is 2. The van der Waals surface area contributed by atoms with Crippen LogP contribution in [0.15, 0.2) is 27.2 Å². The van der Waals surface area contributed by atoms with E-state index in [1.54, 1.807) is 13.0 Å². The predicted molar refractivity (Wildman–Crippen MR) is 69.1 cm³/mol. The third kappa shape index (κ3) is 3.16. The summed E-state index contributed by atoms with van der Waals surface area (Å²) in [5.41, 5.74) is 1.61. The molecule has 5 nitrogen and oxygen atoms in total. The minimum atomic E-state index is -0.171. The molecule has 1 heterocycles. The summed E-state index contributed by atoms with van der Waals surface area (Å²) in [6, 6.07) is 5.53. The summed E-state index contributed by atoms with van der Waals surface area (Å²) in [4.78, 5) is 15.9. The molecule has 2 aromatic rings. The highest BCUT2D eigenvalue weighted by atomic mass is 79.9. The third-order valence-electron chi connectivity index (χ3n) is 2.27. The Kier molecular flexibility index (Phi) is 3.76. The van der Waals surface area contributed by atoms with Crippen LogP contribution in [0.25, 0.3) is 0 Å². The Balaban J connectivity index is 2.03. The maximum atomic E-state index is 11.9. The van der Waals surface area contributed by atoms with Crippen molar-refractivity contribution in [3.8, 4) is 0 Å². The molecule has 0 unspecified atom stereocenters. The Hall–Kier alpha value is -1.69. The van der Waals surface area contributed by atoms with E-state index in [4.69, 9.17) is 4.52 Å². The van der Waals surface area contributed by atoms with Crippen molar-refractivity contribution in [1.82, 2.24) is 15.5 Å². The Bertz CT molecular complexity index is 560. The summed E-state index contributed by atoms with van der Waals surface area (Å²) in [5, 5.41) is 6.38. The molecule has 1 amide bonds. The number of benzene rings is 1. The lowest BCUT2D eigenvalue weighted by atomic mass is 10.1. The minimum Gasteiger partial charge on any atom is -0.343 e. The normalized spacial score (nSPS) is 10.4. The molecular weight excluding hydrogens is 298 g/mol. The molecule has 0 spiro atoms. The van der Waals surface area contributed by atoms with Gasteiger partial charge < -0.3 is 9.84 Å². The summed E-state index contributed by atoms with van der Waals surface area (Å²) in [5.74, 6) is 0.778. The van der Waals surface area contributed by atoms with Crippen molar-refractivity contribution in [2.45, 2.75) is 20.4 Å². The zero-order chi connectivity index (χ0) is 13.1. The van der Waals surface area contributed by atoms with Crippen LogP contribution in [-0.2, 0) is 6.54 Å². The number of amides is 1. The maximum absolute atomic E-state index is 11.9. The van der Waals surface area contributed by atoms with Gasteiger partial charge in [0.25, 0.3) is 5.91 Å². The molecule has 0 bridgehead atoms. The lowest BCUT2D eigenvalue weighted by Crippen LogP contribution is -2.23. The van der Waals surface area contributed by atoms with E-state index in [-0.39, 0.29) is 12.5 Å². The van der Waals surface area contributed by atoms with Crippen LogP contribution in [0, 0.1) is 13.8 Å². The van der Waals surface area contributed by atoms with Gasteiger partial charge in [0.15, 0.2) is 5.82 Å². The quantitative estimate of drug-likeness (QED) is 0.945. The van der Waals surface area contributed by atoms with Gasteiger partial charge in [0, 0.05) is 10.0 Å². The van der Waals surface area contributed by atoms with Crippen molar-refractivity contribution in [1.29, 1.82) is 0 Å². The molecule has 0 saturated carbocycles. The van der Waals surface area contributed by atoms with Gasteiger partial charge in [-0.3, -0.25) is 4.79 Å². The van der Waals surface area contributed by atoms with Crippen LogP contribution in [0.3, 0.4) is 0 Å². The van der Waals surface area contributed by atoms with Gasteiger partial charge in [-0.1, -0.05) is 21.1 Å². The zero-order valence-corrected chi connectivity index (χ0v) is 11.6. The first-order chi connectivity index (χ1) is 8.54. The number of carbonyl (C=O) groups excluding carboxylic acids is 1. The summed E-state index contributed by atoms with van der Waals surface area (Å²) < 4.78 is 5.79. The molecule has 94 valence electrons. The van der Waals surface area contributed by atoms with Crippen LogP contribution in [0.4, 0.5) is 0 Å². The smallest absolute Gasteiger partial charge is 0.251 e. The molecule has 0 aliphatic heterocycles. The van der Waals surface area contributed by atoms with Crippen LogP contribution in [0.5, 0.6) is 0 Å². The SMILES string of the molecule is Cc1cc(Br)cc(C(=O)NCc2nc(C)no2)c1. The molecule has 0 atom stereocenters. The topological polar surface area (TPSA) is 68.0 Å². The number of hydrogen-bond donors (Lipinski definition) is 1. The molecule has 0 aliphatic carbocycles. The number of carbonyl (C=O) groups is 1. The number of halogens is 1. The van der Waals surface area contributed by atoms with E-state index in [0.29, 0.717) is 17.3 Å². The van der Waals surface area contributed by atoms with Gasteiger partial charge in [0.05, 0.1) is 6.54 Å². The van der Waals surface area contributed by atoms with E-state index in [1.807, 2.05) is 19.1 Å². The van der Waals surface area contributed by atoms with Crippen LogP contribution < -0.4 is 5.32 Å². The Labute approximate surface area is 113 Å². The molecular formula is C12H12BrN3O2. The Morgan fingerprint density at radius 3 is 2.78 bits per heavy atom. The van der Waals surface area contributed by atoms with E-state index < -0.39 is 0 Å². The average molecular weight is 310 g/mol. The second kappa shape index (κ2) is 5.30. The van der Waals surface area contributed by atoms with Gasteiger partial charge in [0.2, 0.25) is 5.89 Å². The van der Waals surface area contributed by atoms with Crippen LogP contribution in [-0.4, -0.2) is 16.0 Å². The minimum absolute atomic E-state index is 0.171. The molecule has 0 aliphatic rings. The first kappa shape index (κ1) is 12.8. The Morgan fingerprint density at radius 2 is 2.17 bits per heavy atom. The van der Waals surface area contributed by atoms with Gasteiger partial charge in [-0.15, -0.1) is 0 Å². The highest BCUT2D eigenvalue weighted by Crippen LogP contribution is 2.15. The van der Waals surface area contributed by atoms with Gasteiger partial charge in [0.1, 0.15) is 0 Å². The van der Waals surface area contributed by atoms with E-state index in [0.717, 1.165) is 10.0 Å². The molecule has 2 rings (SSSR count). The highest BCUT2D eigenvalue weighted by Gasteiger charge is 2.09. The molecule has 1 aromatic carbocycles. The van der Waals surface area contributed by atoms with Crippen molar-refractivity contribution in [2.75, 3.05) is 0 Å². The molecule has 0 radical (unpaired) electrons. The number of hydrogen-bond acceptors (Lipinski definition) is 4. The summed E-state index contributed by atoms with van der Waals surface area (Å²) >= 11 is 3.36. The fraction of sp³-hybridized carbons (Fsp3) is 0.250. The Morgan fingerprint density at radius 1 is 1.39 bits per heavy atom. The zero-order valence-electron chi connectivity index (χ0n) is 10.0. The summed E-state index contributed by atoms with van der Waals surface area (Å²) in [6.45, 7) is 3.89. The average Bonchev–Trinajstić information content (AvgIpc) is 2.70. The lowest BCUT2D eigenvalue weighted by Gasteiger charge is -2.04. The largest absolute Gasteiger partial charge is 0.343 e. The molecule has 1 N–H and O–H groups in total. The van der Waals surface area contributed by atoms with E-state index >= 15 is 0 Å². The fourth-order valence-corrected chi connectivity index (χ4v) is 2.14. The monoisotopic (exact) mass is 309 g/mol. The molecule has 6 heteroatoms. The lowest BCUT2D eigenvalue weighted by molar-refractivity contribution is 0.0946. The van der Waals surface area contributed by atoms with Crippen molar-refractivity contribution in [2.24, 2.45) is 0 Å². The number of nitrogens with zero attached hydrogens (tertiary/aromatic N) is 2. The number of rotatable bonds is 3. The third-order valence-corrected chi connectivity index (χ3v) is 2.73. The highest BCUT2D eigenvalue weighted by molar-refractivity contribution is 9.10. The molecule has 0 saturated heterocycles. The first-order valence-corrected chi connectivity index (χ1v) is 6.18. The maximum Gasteiger partial charge on any atom is 0.251 e. The van der Waals surface area contributed by atoms with Crippen LogP contribution >= 0.6 is 15.9 Å². The predicted octanol–water partition coefficient (Wildman–Crippen LogP) is 2.38. The van der Waals surface area contributed by atoms with E-state index in [1.165, 1.54) is 0 Å². The summed E-state index contributed by atoms with van der Waals surface area (Å²) in [6.07, 6.45) is 0. The van der Waals surface area contributed by atoms with Gasteiger partial charge in [-0.25, -0.2) is 0 Å². The van der Waals surface area contributed by atoms with Gasteiger partial charge in [-0.05, 0) is 37.6 Å². The van der Waals surface area contributed by atoms with Gasteiger partial charge in [-0.2, -0.15) is 4.98 Å².